The minimum atomic E-state index is 0.567. The SMILES string of the molecule is CCNC(=NCc1nnc2n1CCC2)N1CCN(c2ncccn2)CC1. The quantitative estimate of drug-likeness (QED) is 0.623. The van der Waals surface area contributed by atoms with Crippen molar-refractivity contribution in [1.82, 2.24) is 34.9 Å². The molecule has 2 aliphatic heterocycles. The number of hydrogen-bond acceptors (Lipinski definition) is 6. The molecule has 0 unspecified atom stereocenters. The van der Waals surface area contributed by atoms with E-state index in [4.69, 9.17) is 4.99 Å². The monoisotopic (exact) mass is 355 g/mol. The van der Waals surface area contributed by atoms with E-state index < -0.39 is 0 Å². The first kappa shape index (κ1) is 16.7. The standard InChI is InChI=1S/C17H25N9/c1-2-18-16(21-13-15-23-22-14-5-3-8-26(14)15)24-9-11-25(12-10-24)17-19-6-4-7-20-17/h4,6-7H,2-3,5,8-13H2,1H3,(H,18,21). The number of nitrogens with zero attached hydrogens (tertiary/aromatic N) is 8. The van der Waals surface area contributed by atoms with Crippen LogP contribution in [0.15, 0.2) is 23.5 Å². The molecule has 0 bridgehead atoms. The molecule has 1 fully saturated rings. The zero-order valence-electron chi connectivity index (χ0n) is 15.2. The highest BCUT2D eigenvalue weighted by Gasteiger charge is 2.22. The van der Waals surface area contributed by atoms with Crippen molar-refractivity contribution in [2.75, 3.05) is 37.6 Å². The molecule has 2 aromatic rings. The van der Waals surface area contributed by atoms with Crippen molar-refractivity contribution in [2.24, 2.45) is 4.99 Å². The Balaban J connectivity index is 1.40. The minimum absolute atomic E-state index is 0.567. The van der Waals surface area contributed by atoms with Gasteiger partial charge in [0.05, 0.1) is 0 Å². The van der Waals surface area contributed by atoms with Gasteiger partial charge in [-0.2, -0.15) is 0 Å². The van der Waals surface area contributed by atoms with Gasteiger partial charge in [0.25, 0.3) is 0 Å². The third kappa shape index (κ3) is 3.47. The van der Waals surface area contributed by atoms with E-state index in [9.17, 15) is 0 Å². The zero-order chi connectivity index (χ0) is 17.8. The van der Waals surface area contributed by atoms with Crippen LogP contribution in [0, 0.1) is 0 Å². The first-order valence-electron chi connectivity index (χ1n) is 9.31. The third-order valence-electron chi connectivity index (χ3n) is 4.81. The van der Waals surface area contributed by atoms with E-state index in [2.05, 4.69) is 46.8 Å². The molecule has 138 valence electrons. The molecule has 0 amide bonds. The van der Waals surface area contributed by atoms with Gasteiger partial charge in [0.2, 0.25) is 5.95 Å². The van der Waals surface area contributed by atoms with Gasteiger partial charge in [-0.05, 0) is 19.4 Å². The van der Waals surface area contributed by atoms with Gasteiger partial charge in [0.15, 0.2) is 11.8 Å². The number of nitrogens with one attached hydrogen (secondary N) is 1. The van der Waals surface area contributed by atoms with Crippen molar-refractivity contribution < 1.29 is 0 Å². The number of aromatic nitrogens is 5. The normalized spacial score (nSPS) is 17.5. The molecule has 9 heteroatoms. The molecular weight excluding hydrogens is 330 g/mol. The van der Waals surface area contributed by atoms with Crippen LogP contribution in [0.4, 0.5) is 5.95 Å². The number of fused-ring (bicyclic) bond motifs is 1. The Morgan fingerprint density at radius 3 is 2.69 bits per heavy atom. The van der Waals surface area contributed by atoms with E-state index in [1.54, 1.807) is 12.4 Å². The van der Waals surface area contributed by atoms with E-state index in [0.29, 0.717) is 6.54 Å². The summed E-state index contributed by atoms with van der Waals surface area (Å²) in [5.74, 6) is 3.80. The van der Waals surface area contributed by atoms with Crippen LogP contribution in [0.2, 0.25) is 0 Å². The van der Waals surface area contributed by atoms with E-state index >= 15 is 0 Å². The molecule has 2 aromatic heterocycles. The largest absolute Gasteiger partial charge is 0.357 e. The molecule has 4 rings (SSSR count). The summed E-state index contributed by atoms with van der Waals surface area (Å²) in [4.78, 5) is 18.0. The minimum Gasteiger partial charge on any atom is -0.357 e. The van der Waals surface area contributed by atoms with Crippen LogP contribution in [0.25, 0.3) is 0 Å². The van der Waals surface area contributed by atoms with Crippen LogP contribution >= 0.6 is 0 Å². The Kier molecular flexibility index (Phi) is 4.94. The Labute approximate surface area is 153 Å². The molecule has 1 N–H and O–H groups in total. The van der Waals surface area contributed by atoms with Crippen LogP contribution in [-0.2, 0) is 19.5 Å². The van der Waals surface area contributed by atoms with E-state index in [-0.39, 0.29) is 0 Å². The lowest BCUT2D eigenvalue weighted by Crippen LogP contribution is -2.53. The van der Waals surface area contributed by atoms with Gasteiger partial charge in [-0.1, -0.05) is 0 Å². The molecule has 0 radical (unpaired) electrons. The highest BCUT2D eigenvalue weighted by Crippen LogP contribution is 2.15. The van der Waals surface area contributed by atoms with E-state index in [1.807, 2.05) is 6.07 Å². The molecule has 2 aliphatic rings. The van der Waals surface area contributed by atoms with Crippen LogP contribution in [-0.4, -0.2) is 68.3 Å². The molecule has 1 saturated heterocycles. The van der Waals surface area contributed by atoms with Gasteiger partial charge in [0, 0.05) is 58.1 Å². The second kappa shape index (κ2) is 7.67. The fourth-order valence-corrected chi connectivity index (χ4v) is 3.47. The van der Waals surface area contributed by atoms with Crippen molar-refractivity contribution in [3.63, 3.8) is 0 Å². The van der Waals surface area contributed by atoms with E-state index in [1.165, 1.54) is 0 Å². The Bertz CT molecular complexity index is 747. The summed E-state index contributed by atoms with van der Waals surface area (Å²) in [6.07, 6.45) is 5.76. The molecule has 0 aromatic carbocycles. The molecule has 0 aliphatic carbocycles. The Morgan fingerprint density at radius 1 is 1.12 bits per heavy atom. The topological polar surface area (TPSA) is 87.4 Å². The van der Waals surface area contributed by atoms with Gasteiger partial charge in [-0.15, -0.1) is 10.2 Å². The maximum Gasteiger partial charge on any atom is 0.225 e. The fourth-order valence-electron chi connectivity index (χ4n) is 3.47. The number of aryl methyl sites for hydroxylation is 1. The van der Waals surface area contributed by atoms with Crippen molar-refractivity contribution >= 4 is 11.9 Å². The lowest BCUT2D eigenvalue weighted by molar-refractivity contribution is 0.370. The summed E-state index contributed by atoms with van der Waals surface area (Å²) in [5, 5.41) is 12.0. The molecule has 0 atom stereocenters. The molecule has 0 spiro atoms. The molecule has 26 heavy (non-hydrogen) atoms. The molecule has 4 heterocycles. The third-order valence-corrected chi connectivity index (χ3v) is 4.81. The average molecular weight is 355 g/mol. The van der Waals surface area contributed by atoms with Crippen LogP contribution in [0.3, 0.4) is 0 Å². The molecule has 0 saturated carbocycles. The Morgan fingerprint density at radius 2 is 1.92 bits per heavy atom. The van der Waals surface area contributed by atoms with Crippen molar-refractivity contribution in [3.8, 4) is 0 Å². The number of guanidine groups is 1. The fraction of sp³-hybridized carbons (Fsp3) is 0.588. The summed E-state index contributed by atoms with van der Waals surface area (Å²) in [6.45, 7) is 8.07. The van der Waals surface area contributed by atoms with Crippen LogP contribution in [0.5, 0.6) is 0 Å². The summed E-state index contributed by atoms with van der Waals surface area (Å²) in [6, 6.07) is 1.84. The smallest absolute Gasteiger partial charge is 0.225 e. The zero-order valence-corrected chi connectivity index (χ0v) is 15.2. The summed E-state index contributed by atoms with van der Waals surface area (Å²) >= 11 is 0. The average Bonchev–Trinajstić information content (AvgIpc) is 3.30. The molecule has 9 nitrogen and oxygen atoms in total. The maximum atomic E-state index is 4.81. The highest BCUT2D eigenvalue weighted by atomic mass is 15.4. The van der Waals surface area contributed by atoms with Crippen molar-refractivity contribution in [2.45, 2.75) is 32.9 Å². The van der Waals surface area contributed by atoms with Crippen molar-refractivity contribution in [1.29, 1.82) is 0 Å². The van der Waals surface area contributed by atoms with Crippen molar-refractivity contribution in [3.05, 3.63) is 30.1 Å². The number of piperazine rings is 1. The second-order valence-electron chi connectivity index (χ2n) is 6.48. The summed E-state index contributed by atoms with van der Waals surface area (Å²) in [5.41, 5.74) is 0. The maximum absolute atomic E-state index is 4.81. The van der Waals surface area contributed by atoms with Crippen LogP contribution in [0.1, 0.15) is 25.0 Å². The van der Waals surface area contributed by atoms with Crippen LogP contribution < -0.4 is 10.2 Å². The van der Waals surface area contributed by atoms with Gasteiger partial charge in [-0.25, -0.2) is 15.0 Å². The van der Waals surface area contributed by atoms with Gasteiger partial charge in [0.1, 0.15) is 12.4 Å². The second-order valence-corrected chi connectivity index (χ2v) is 6.48. The summed E-state index contributed by atoms with van der Waals surface area (Å²) in [7, 11) is 0. The lowest BCUT2D eigenvalue weighted by Gasteiger charge is -2.36. The Hall–Kier alpha value is -2.71. The number of anilines is 1. The first-order chi connectivity index (χ1) is 12.8. The predicted molar refractivity (Wildman–Crippen MR) is 99.0 cm³/mol. The van der Waals surface area contributed by atoms with Gasteiger partial charge >= 0.3 is 0 Å². The number of rotatable bonds is 4. The summed E-state index contributed by atoms with van der Waals surface area (Å²) < 4.78 is 2.21. The van der Waals surface area contributed by atoms with E-state index in [0.717, 1.165) is 75.7 Å². The number of hydrogen-bond donors (Lipinski definition) is 1. The molecular formula is C17H25N9. The van der Waals surface area contributed by atoms with Gasteiger partial charge in [-0.3, -0.25) is 0 Å². The number of aliphatic imine (C=N–C) groups is 1. The first-order valence-corrected chi connectivity index (χ1v) is 9.31. The lowest BCUT2D eigenvalue weighted by atomic mass is 10.3. The van der Waals surface area contributed by atoms with Gasteiger partial charge < -0.3 is 19.7 Å². The predicted octanol–water partition coefficient (Wildman–Crippen LogP) is 0.302. The highest BCUT2D eigenvalue weighted by molar-refractivity contribution is 5.80.